The lowest BCUT2D eigenvalue weighted by Crippen LogP contribution is -1.95. The molecule has 1 aromatic heterocycles. The van der Waals surface area contributed by atoms with Gasteiger partial charge in [-0.25, -0.2) is 4.79 Å². The molecule has 0 aliphatic rings. The topological polar surface area (TPSA) is 37.3 Å². The predicted molar refractivity (Wildman–Crippen MR) is 75.2 cm³/mol. The number of hydrogen-bond acceptors (Lipinski definition) is 3. The van der Waals surface area contributed by atoms with Crippen molar-refractivity contribution >= 4 is 39.2 Å². The Hall–Kier alpha value is -1.000. The normalized spacial score (nSPS) is 11.2. The van der Waals surface area contributed by atoms with Crippen LogP contribution in [0.3, 0.4) is 0 Å². The molecule has 0 spiro atoms. The molecule has 0 saturated carbocycles. The van der Waals surface area contributed by atoms with Crippen molar-refractivity contribution in [1.82, 2.24) is 0 Å². The van der Waals surface area contributed by atoms with E-state index in [9.17, 15) is 4.79 Å². The number of carbonyl (C=O) groups is 1. The van der Waals surface area contributed by atoms with Crippen LogP contribution in [-0.4, -0.2) is 16.3 Å². The van der Waals surface area contributed by atoms with Crippen molar-refractivity contribution in [2.75, 3.05) is 0 Å². The van der Waals surface area contributed by atoms with Gasteiger partial charge in [0.15, 0.2) is 0 Å². The Bertz CT molecular complexity index is 543. The molecule has 4 heteroatoms. The summed E-state index contributed by atoms with van der Waals surface area (Å²) in [4.78, 5) is 12.3. The summed E-state index contributed by atoms with van der Waals surface area (Å²) in [5, 5.41) is 10.6. The van der Waals surface area contributed by atoms with Crippen LogP contribution in [0.1, 0.15) is 29.1 Å². The van der Waals surface area contributed by atoms with Gasteiger partial charge in [-0.05, 0) is 23.4 Å². The van der Waals surface area contributed by atoms with E-state index >= 15 is 0 Å². The fourth-order valence-corrected chi connectivity index (χ4v) is 3.53. The second kappa shape index (κ2) is 5.10. The van der Waals surface area contributed by atoms with Gasteiger partial charge in [0.2, 0.25) is 0 Å². The molecule has 0 aliphatic heterocycles. The van der Waals surface area contributed by atoms with Gasteiger partial charge in [0.05, 0.1) is 5.56 Å². The van der Waals surface area contributed by atoms with Crippen LogP contribution in [0.25, 0.3) is 10.1 Å². The number of aromatic carboxylic acids is 1. The standard InChI is InChI=1S/C13H14O2S2/c1-8(2)16-7-9-6-11-10(13(14)15)4-3-5-12(11)17-9/h3-6,8H,7H2,1-2H3,(H,14,15). The van der Waals surface area contributed by atoms with E-state index in [0.29, 0.717) is 10.8 Å². The molecule has 0 radical (unpaired) electrons. The monoisotopic (exact) mass is 266 g/mol. The third-order valence-corrected chi connectivity index (χ3v) is 4.83. The number of hydrogen-bond donors (Lipinski definition) is 1. The minimum Gasteiger partial charge on any atom is -0.478 e. The zero-order valence-electron chi connectivity index (χ0n) is 9.77. The van der Waals surface area contributed by atoms with Crippen LogP contribution < -0.4 is 0 Å². The van der Waals surface area contributed by atoms with Crippen LogP contribution >= 0.6 is 23.1 Å². The van der Waals surface area contributed by atoms with Gasteiger partial charge in [-0.15, -0.1) is 11.3 Å². The van der Waals surface area contributed by atoms with E-state index in [2.05, 4.69) is 13.8 Å². The molecular formula is C13H14O2S2. The summed E-state index contributed by atoms with van der Waals surface area (Å²) in [6, 6.07) is 7.47. The molecule has 2 aromatic rings. The molecule has 0 bridgehead atoms. The first-order valence-electron chi connectivity index (χ1n) is 5.44. The molecule has 0 saturated heterocycles. The van der Waals surface area contributed by atoms with Crippen LogP contribution in [-0.2, 0) is 5.75 Å². The third kappa shape index (κ3) is 2.82. The van der Waals surface area contributed by atoms with E-state index < -0.39 is 5.97 Å². The Kier molecular flexibility index (Phi) is 3.74. The summed E-state index contributed by atoms with van der Waals surface area (Å²) in [5.74, 6) is 0.104. The van der Waals surface area contributed by atoms with E-state index in [0.717, 1.165) is 15.8 Å². The summed E-state index contributed by atoms with van der Waals surface area (Å²) in [6.07, 6.45) is 0. The molecular weight excluding hydrogens is 252 g/mol. The minimum absolute atomic E-state index is 0.402. The zero-order chi connectivity index (χ0) is 12.4. The number of carboxylic acid groups (broad SMARTS) is 1. The summed E-state index contributed by atoms with van der Waals surface area (Å²) < 4.78 is 1.06. The number of thioether (sulfide) groups is 1. The van der Waals surface area contributed by atoms with E-state index in [1.807, 2.05) is 30.0 Å². The van der Waals surface area contributed by atoms with Crippen molar-refractivity contribution in [2.45, 2.75) is 24.9 Å². The highest BCUT2D eigenvalue weighted by Gasteiger charge is 2.11. The first-order valence-corrected chi connectivity index (χ1v) is 7.31. The quantitative estimate of drug-likeness (QED) is 0.899. The van der Waals surface area contributed by atoms with Gasteiger partial charge in [0.25, 0.3) is 0 Å². The number of carboxylic acids is 1. The van der Waals surface area contributed by atoms with Crippen LogP contribution in [0.15, 0.2) is 24.3 Å². The van der Waals surface area contributed by atoms with Crippen LogP contribution in [0.5, 0.6) is 0 Å². The van der Waals surface area contributed by atoms with E-state index in [-0.39, 0.29) is 0 Å². The Morgan fingerprint density at radius 2 is 2.24 bits per heavy atom. The third-order valence-electron chi connectivity index (χ3n) is 2.40. The van der Waals surface area contributed by atoms with E-state index in [1.165, 1.54) is 4.88 Å². The van der Waals surface area contributed by atoms with Crippen molar-refractivity contribution < 1.29 is 9.90 Å². The highest BCUT2D eigenvalue weighted by atomic mass is 32.2. The second-order valence-corrected chi connectivity index (χ2v) is 6.83. The molecule has 1 heterocycles. The SMILES string of the molecule is CC(C)SCc1cc2c(C(=O)O)cccc2s1. The summed E-state index contributed by atoms with van der Waals surface area (Å²) in [6.45, 7) is 4.33. The van der Waals surface area contributed by atoms with Crippen molar-refractivity contribution in [3.8, 4) is 0 Å². The smallest absolute Gasteiger partial charge is 0.336 e. The molecule has 0 amide bonds. The van der Waals surface area contributed by atoms with Crippen molar-refractivity contribution in [1.29, 1.82) is 0 Å². The number of rotatable bonds is 4. The summed E-state index contributed by atoms with van der Waals surface area (Å²) >= 11 is 3.56. The van der Waals surface area contributed by atoms with E-state index in [1.54, 1.807) is 17.4 Å². The molecule has 2 nitrogen and oxygen atoms in total. The maximum atomic E-state index is 11.1. The maximum Gasteiger partial charge on any atom is 0.336 e. The number of fused-ring (bicyclic) bond motifs is 1. The molecule has 0 unspecified atom stereocenters. The minimum atomic E-state index is -0.850. The van der Waals surface area contributed by atoms with Gasteiger partial charge in [0.1, 0.15) is 0 Å². The average molecular weight is 266 g/mol. The summed E-state index contributed by atoms with van der Waals surface area (Å²) in [7, 11) is 0. The predicted octanol–water partition coefficient (Wildman–Crippen LogP) is 4.24. The number of benzene rings is 1. The lowest BCUT2D eigenvalue weighted by atomic mass is 10.1. The molecule has 0 atom stereocenters. The Balaban J connectivity index is 2.36. The molecule has 0 fully saturated rings. The van der Waals surface area contributed by atoms with Crippen molar-refractivity contribution in [3.05, 3.63) is 34.7 Å². The second-order valence-electron chi connectivity index (χ2n) is 4.10. The molecule has 1 aromatic carbocycles. The van der Waals surface area contributed by atoms with Crippen molar-refractivity contribution in [2.24, 2.45) is 0 Å². The highest BCUT2D eigenvalue weighted by molar-refractivity contribution is 7.99. The molecule has 90 valence electrons. The van der Waals surface area contributed by atoms with Gasteiger partial charge >= 0.3 is 5.97 Å². The molecule has 0 aliphatic carbocycles. The lowest BCUT2D eigenvalue weighted by molar-refractivity contribution is 0.0699. The molecule has 1 N–H and O–H groups in total. The Labute approximate surface area is 109 Å². The van der Waals surface area contributed by atoms with Gasteiger partial charge in [-0.1, -0.05) is 19.9 Å². The Morgan fingerprint density at radius 3 is 2.88 bits per heavy atom. The van der Waals surface area contributed by atoms with Gasteiger partial charge < -0.3 is 5.11 Å². The largest absolute Gasteiger partial charge is 0.478 e. The molecule has 17 heavy (non-hydrogen) atoms. The van der Waals surface area contributed by atoms with Crippen LogP contribution in [0.4, 0.5) is 0 Å². The average Bonchev–Trinajstić information content (AvgIpc) is 2.68. The van der Waals surface area contributed by atoms with Crippen LogP contribution in [0.2, 0.25) is 0 Å². The Morgan fingerprint density at radius 1 is 1.47 bits per heavy atom. The van der Waals surface area contributed by atoms with Gasteiger partial charge in [-0.3, -0.25) is 0 Å². The first-order chi connectivity index (χ1) is 8.08. The summed E-state index contributed by atoms with van der Waals surface area (Å²) in [5.41, 5.74) is 0.402. The number of thiophene rings is 1. The van der Waals surface area contributed by atoms with Crippen LogP contribution in [0, 0.1) is 0 Å². The van der Waals surface area contributed by atoms with E-state index in [4.69, 9.17) is 5.11 Å². The molecule has 2 rings (SSSR count). The van der Waals surface area contributed by atoms with Gasteiger partial charge in [-0.2, -0.15) is 11.8 Å². The zero-order valence-corrected chi connectivity index (χ0v) is 11.4. The highest BCUT2D eigenvalue weighted by Crippen LogP contribution is 2.31. The van der Waals surface area contributed by atoms with Crippen molar-refractivity contribution in [3.63, 3.8) is 0 Å². The first kappa shape index (κ1) is 12.5. The fraction of sp³-hybridized carbons (Fsp3) is 0.308. The lowest BCUT2D eigenvalue weighted by Gasteiger charge is -2.00. The maximum absolute atomic E-state index is 11.1. The fourth-order valence-electron chi connectivity index (χ4n) is 1.62. The van der Waals surface area contributed by atoms with Gasteiger partial charge in [0, 0.05) is 20.7 Å².